The Morgan fingerprint density at radius 1 is 0.783 bits per heavy atom. The van der Waals surface area contributed by atoms with E-state index in [9.17, 15) is 0 Å². The lowest BCUT2D eigenvalue weighted by atomic mass is 10.1. The van der Waals surface area contributed by atoms with Crippen LogP contribution in [0.1, 0.15) is 60.1 Å². The molecule has 0 radical (unpaired) electrons. The van der Waals surface area contributed by atoms with Crippen LogP contribution in [0.3, 0.4) is 0 Å². The molecule has 0 heterocycles. The number of para-hydroxylation sites is 1. The van der Waals surface area contributed by atoms with Gasteiger partial charge in [0.25, 0.3) is 0 Å². The van der Waals surface area contributed by atoms with Gasteiger partial charge in [-0.25, -0.2) is 0 Å². The van der Waals surface area contributed by atoms with Gasteiger partial charge in [-0.15, -0.1) is 0 Å². The number of hydrogen-bond acceptors (Lipinski definition) is 3. The largest absolute Gasteiger partial charge is 0.493 e. The molecular formula is C19H34O3Si. The van der Waals surface area contributed by atoms with E-state index >= 15 is 0 Å². The van der Waals surface area contributed by atoms with Crippen LogP contribution in [0, 0.1) is 0 Å². The highest BCUT2D eigenvalue weighted by Crippen LogP contribution is 2.46. The number of rotatable bonds is 8. The number of ether oxygens (including phenoxy) is 2. The highest BCUT2D eigenvalue weighted by atomic mass is 28.4. The average molecular weight is 339 g/mol. The van der Waals surface area contributed by atoms with Gasteiger partial charge in [0.2, 0.25) is 8.32 Å². The smallest absolute Gasteiger partial charge is 0.201 e. The molecule has 0 saturated heterocycles. The second-order valence-corrected chi connectivity index (χ2v) is 12.6. The van der Waals surface area contributed by atoms with Crippen molar-refractivity contribution in [1.82, 2.24) is 0 Å². The molecule has 0 aliphatic carbocycles. The second kappa shape index (κ2) is 8.20. The number of methoxy groups -OCH3 is 2. The van der Waals surface area contributed by atoms with Crippen molar-refractivity contribution in [2.24, 2.45) is 0 Å². The summed E-state index contributed by atoms with van der Waals surface area (Å²) in [6.07, 6.45) is -0.0149. The van der Waals surface area contributed by atoms with E-state index in [0.29, 0.717) is 16.6 Å². The molecule has 23 heavy (non-hydrogen) atoms. The van der Waals surface area contributed by atoms with Crippen molar-refractivity contribution in [1.29, 1.82) is 0 Å². The van der Waals surface area contributed by atoms with Gasteiger partial charge in [0, 0.05) is 5.56 Å². The Hall–Kier alpha value is -1.00. The van der Waals surface area contributed by atoms with Crippen molar-refractivity contribution in [2.45, 2.75) is 71.2 Å². The van der Waals surface area contributed by atoms with Gasteiger partial charge in [0.1, 0.15) is 0 Å². The third kappa shape index (κ3) is 3.91. The van der Waals surface area contributed by atoms with Crippen molar-refractivity contribution < 1.29 is 13.9 Å². The van der Waals surface area contributed by atoms with Crippen LogP contribution < -0.4 is 9.47 Å². The molecule has 1 rings (SSSR count). The highest BCUT2D eigenvalue weighted by molar-refractivity contribution is 6.77. The molecule has 1 aromatic carbocycles. The van der Waals surface area contributed by atoms with E-state index in [-0.39, 0.29) is 6.10 Å². The first kappa shape index (κ1) is 20.0. The fraction of sp³-hybridized carbons (Fsp3) is 0.684. The molecule has 0 amide bonds. The van der Waals surface area contributed by atoms with Crippen molar-refractivity contribution in [2.75, 3.05) is 14.2 Å². The summed E-state index contributed by atoms with van der Waals surface area (Å²) in [6, 6.07) is 6.00. The third-order valence-corrected chi connectivity index (χ3v) is 11.1. The molecule has 1 atom stereocenters. The number of benzene rings is 1. The first-order chi connectivity index (χ1) is 10.7. The molecular weight excluding hydrogens is 304 g/mol. The summed E-state index contributed by atoms with van der Waals surface area (Å²) < 4.78 is 17.9. The summed E-state index contributed by atoms with van der Waals surface area (Å²) in [7, 11) is 1.42. The van der Waals surface area contributed by atoms with Gasteiger partial charge in [-0.3, -0.25) is 0 Å². The van der Waals surface area contributed by atoms with E-state index in [0.717, 1.165) is 17.1 Å². The monoisotopic (exact) mass is 338 g/mol. The van der Waals surface area contributed by atoms with E-state index in [1.807, 2.05) is 12.1 Å². The Morgan fingerprint density at radius 2 is 1.30 bits per heavy atom. The molecule has 1 unspecified atom stereocenters. The molecule has 0 N–H and O–H groups in total. The van der Waals surface area contributed by atoms with Gasteiger partial charge in [-0.05, 0) is 29.6 Å². The molecule has 3 nitrogen and oxygen atoms in total. The van der Waals surface area contributed by atoms with Crippen LogP contribution >= 0.6 is 0 Å². The first-order valence-electron chi connectivity index (χ1n) is 8.60. The second-order valence-electron chi connectivity index (χ2n) is 7.16. The van der Waals surface area contributed by atoms with Gasteiger partial charge in [0.15, 0.2) is 11.5 Å². The van der Waals surface area contributed by atoms with E-state index in [4.69, 9.17) is 13.9 Å². The average Bonchev–Trinajstić information content (AvgIpc) is 2.50. The van der Waals surface area contributed by atoms with Gasteiger partial charge >= 0.3 is 0 Å². The van der Waals surface area contributed by atoms with Gasteiger partial charge in [-0.1, -0.05) is 53.7 Å². The zero-order chi connectivity index (χ0) is 17.8. The topological polar surface area (TPSA) is 27.7 Å². The molecule has 0 saturated carbocycles. The summed E-state index contributed by atoms with van der Waals surface area (Å²) in [5.74, 6) is 1.54. The fourth-order valence-electron chi connectivity index (χ4n) is 4.01. The third-order valence-electron chi connectivity index (χ3n) is 4.96. The predicted octanol–water partition coefficient (Wildman–Crippen LogP) is 5.96. The van der Waals surface area contributed by atoms with Crippen LogP contribution in [0.5, 0.6) is 11.5 Å². The standard InChI is InChI=1S/C19H34O3Si/c1-13(2)23(14(3)4,15(5)6)22-16(7)17-11-10-12-18(20-8)19(17)21-9/h10-16H,1-9H3. The van der Waals surface area contributed by atoms with E-state index in [1.54, 1.807) is 14.2 Å². The Balaban J connectivity index is 3.26. The molecule has 0 aliphatic heterocycles. The van der Waals surface area contributed by atoms with Crippen LogP contribution in [0.15, 0.2) is 18.2 Å². The maximum absolute atomic E-state index is 6.85. The Morgan fingerprint density at radius 3 is 1.70 bits per heavy atom. The zero-order valence-electron chi connectivity index (χ0n) is 16.3. The van der Waals surface area contributed by atoms with Gasteiger partial charge in [-0.2, -0.15) is 0 Å². The Kier molecular flexibility index (Phi) is 7.15. The summed E-state index contributed by atoms with van der Waals surface area (Å²) >= 11 is 0. The fourth-order valence-corrected chi connectivity index (χ4v) is 9.57. The molecule has 0 spiro atoms. The van der Waals surface area contributed by atoms with Crippen molar-refractivity contribution in [3.8, 4) is 11.5 Å². The maximum atomic E-state index is 6.85. The minimum atomic E-state index is -1.93. The first-order valence-corrected chi connectivity index (χ1v) is 10.7. The molecule has 0 aromatic heterocycles. The molecule has 0 bridgehead atoms. The maximum Gasteiger partial charge on any atom is 0.201 e. The lowest BCUT2D eigenvalue weighted by Gasteiger charge is -2.44. The molecule has 1 aromatic rings. The summed E-state index contributed by atoms with van der Waals surface area (Å²) in [6.45, 7) is 16.0. The SMILES string of the molecule is COc1cccc(C(C)O[Si](C(C)C)(C(C)C)C(C)C)c1OC. The lowest BCUT2D eigenvalue weighted by molar-refractivity contribution is 0.189. The summed E-state index contributed by atoms with van der Waals surface area (Å²) in [4.78, 5) is 0. The molecule has 132 valence electrons. The summed E-state index contributed by atoms with van der Waals surface area (Å²) in [5, 5.41) is 0. The zero-order valence-corrected chi connectivity index (χ0v) is 17.3. The van der Waals surface area contributed by atoms with E-state index in [1.165, 1.54) is 0 Å². The van der Waals surface area contributed by atoms with Crippen LogP contribution in [0.2, 0.25) is 16.6 Å². The van der Waals surface area contributed by atoms with E-state index < -0.39 is 8.32 Å². The van der Waals surface area contributed by atoms with Crippen LogP contribution in [0.4, 0.5) is 0 Å². The summed E-state index contributed by atoms with van der Waals surface area (Å²) in [5.41, 5.74) is 2.73. The number of hydrogen-bond donors (Lipinski definition) is 0. The molecule has 4 heteroatoms. The minimum absolute atomic E-state index is 0.0149. The van der Waals surface area contributed by atoms with Crippen molar-refractivity contribution in [3.63, 3.8) is 0 Å². The van der Waals surface area contributed by atoms with Crippen LogP contribution in [-0.2, 0) is 4.43 Å². The Labute approximate surface area is 143 Å². The van der Waals surface area contributed by atoms with Crippen molar-refractivity contribution in [3.05, 3.63) is 23.8 Å². The predicted molar refractivity (Wildman–Crippen MR) is 100 cm³/mol. The molecule has 0 aliphatic rings. The lowest BCUT2D eigenvalue weighted by Crippen LogP contribution is -2.48. The van der Waals surface area contributed by atoms with Gasteiger partial charge < -0.3 is 13.9 Å². The quantitative estimate of drug-likeness (QED) is 0.548. The van der Waals surface area contributed by atoms with E-state index in [2.05, 4.69) is 54.5 Å². The molecule has 0 fully saturated rings. The van der Waals surface area contributed by atoms with Crippen molar-refractivity contribution >= 4 is 8.32 Å². The van der Waals surface area contributed by atoms with Crippen LogP contribution in [0.25, 0.3) is 0 Å². The van der Waals surface area contributed by atoms with Gasteiger partial charge in [0.05, 0.1) is 20.3 Å². The Bertz CT molecular complexity index is 476. The van der Waals surface area contributed by atoms with Crippen LogP contribution in [-0.4, -0.2) is 22.5 Å². The minimum Gasteiger partial charge on any atom is -0.493 e. The normalized spacial score (nSPS) is 13.7. The highest BCUT2D eigenvalue weighted by Gasteiger charge is 2.46.